The summed E-state index contributed by atoms with van der Waals surface area (Å²) in [7, 11) is 0. The maximum atomic E-state index is 12.6. The van der Waals surface area contributed by atoms with E-state index in [9.17, 15) is 28.8 Å². The molecule has 0 unspecified atom stereocenters. The van der Waals surface area contributed by atoms with Crippen LogP contribution in [0.25, 0.3) is 0 Å². The van der Waals surface area contributed by atoms with Gasteiger partial charge in [-0.3, -0.25) is 28.8 Å². The topological polar surface area (TPSA) is 161 Å². The lowest BCUT2D eigenvalue weighted by molar-refractivity contribution is -0.121. The standard InChI is InChI=1S/C38H30N4O9/c43-33-17-18-34(44)41(33)29-9-1-25(2-10-29)37(47)39-27-5-13-31(14-6-27)50-23-21-49-22-24-51-32-15-7-28(8-16-32)40-38(48)26-3-11-30(12-4-26)42-35(45)19-20-36(42)46/h1-20H,21-24H2,(H,39,47)(H,40,48). The molecule has 0 fully saturated rings. The quantitative estimate of drug-likeness (QED) is 0.144. The molecule has 13 heteroatoms. The smallest absolute Gasteiger partial charge is 0.258 e. The number of hydrogen-bond donors (Lipinski definition) is 2. The van der Waals surface area contributed by atoms with Gasteiger partial charge in [0.15, 0.2) is 0 Å². The molecule has 13 nitrogen and oxygen atoms in total. The molecule has 2 N–H and O–H groups in total. The SMILES string of the molecule is O=C(Nc1ccc(OCCOCCOc2ccc(NC(=O)c3ccc(N4C(=O)C=CC4=O)cc3)cc2)cc1)c1ccc(N2C(=O)C=CC2=O)cc1. The number of carbonyl (C=O) groups is 6. The molecule has 6 rings (SSSR count). The Hall–Kier alpha value is -6.86. The molecule has 51 heavy (non-hydrogen) atoms. The summed E-state index contributed by atoms with van der Waals surface area (Å²) < 4.78 is 17.0. The lowest BCUT2D eigenvalue weighted by Gasteiger charge is -2.14. The number of carbonyl (C=O) groups excluding carboxylic acids is 6. The van der Waals surface area contributed by atoms with E-state index in [4.69, 9.17) is 14.2 Å². The van der Waals surface area contributed by atoms with Gasteiger partial charge in [0.1, 0.15) is 24.7 Å². The maximum Gasteiger partial charge on any atom is 0.258 e. The highest BCUT2D eigenvalue weighted by Gasteiger charge is 2.26. The number of hydrogen-bond acceptors (Lipinski definition) is 9. The molecule has 2 aliphatic rings. The first-order valence-electron chi connectivity index (χ1n) is 15.7. The highest BCUT2D eigenvalue weighted by atomic mass is 16.5. The van der Waals surface area contributed by atoms with Crippen LogP contribution in [0.15, 0.2) is 121 Å². The number of imide groups is 2. The van der Waals surface area contributed by atoms with Crippen LogP contribution in [-0.2, 0) is 23.9 Å². The van der Waals surface area contributed by atoms with Crippen molar-refractivity contribution in [2.24, 2.45) is 0 Å². The van der Waals surface area contributed by atoms with Gasteiger partial charge in [-0.2, -0.15) is 0 Å². The summed E-state index contributed by atoms with van der Waals surface area (Å²) in [6.45, 7) is 1.27. The van der Waals surface area contributed by atoms with E-state index in [0.717, 1.165) is 9.80 Å². The van der Waals surface area contributed by atoms with Gasteiger partial charge >= 0.3 is 0 Å². The monoisotopic (exact) mass is 686 g/mol. The van der Waals surface area contributed by atoms with Crippen molar-refractivity contribution in [2.45, 2.75) is 0 Å². The molecule has 0 spiro atoms. The van der Waals surface area contributed by atoms with E-state index >= 15 is 0 Å². The first kappa shape index (κ1) is 34.0. The zero-order valence-corrected chi connectivity index (χ0v) is 26.9. The first-order chi connectivity index (χ1) is 24.7. The average Bonchev–Trinajstić information content (AvgIpc) is 3.67. The molecule has 0 aliphatic carbocycles. The maximum absolute atomic E-state index is 12.6. The number of nitrogens with one attached hydrogen (secondary N) is 2. The minimum absolute atomic E-state index is 0.304. The van der Waals surface area contributed by atoms with Gasteiger partial charge in [-0.05, 0) is 97.1 Å². The minimum atomic E-state index is -0.426. The summed E-state index contributed by atoms with van der Waals surface area (Å²) in [4.78, 5) is 74.7. The summed E-state index contributed by atoms with van der Waals surface area (Å²) in [5.74, 6) is -1.20. The molecule has 0 aromatic heterocycles. The van der Waals surface area contributed by atoms with Crippen molar-refractivity contribution in [1.82, 2.24) is 0 Å². The summed E-state index contributed by atoms with van der Waals surface area (Å²) in [5.41, 5.74) is 2.63. The highest BCUT2D eigenvalue weighted by molar-refractivity contribution is 6.29. The van der Waals surface area contributed by atoms with Gasteiger partial charge < -0.3 is 24.8 Å². The van der Waals surface area contributed by atoms with Gasteiger partial charge in [-0.1, -0.05) is 0 Å². The molecule has 6 amide bonds. The molecular weight excluding hydrogens is 656 g/mol. The second kappa shape index (κ2) is 15.6. The van der Waals surface area contributed by atoms with Crippen LogP contribution in [-0.4, -0.2) is 61.9 Å². The predicted molar refractivity (Wildman–Crippen MR) is 187 cm³/mol. The third kappa shape index (κ3) is 8.42. The van der Waals surface area contributed by atoms with Crippen LogP contribution >= 0.6 is 0 Å². The Balaban J connectivity index is 0.848. The molecule has 2 heterocycles. The number of amides is 6. The second-order valence-corrected chi connectivity index (χ2v) is 11.1. The van der Waals surface area contributed by atoms with Gasteiger partial charge in [0.2, 0.25) is 0 Å². The fourth-order valence-corrected chi connectivity index (χ4v) is 5.05. The molecule has 4 aromatic carbocycles. The Morgan fingerprint density at radius 2 is 0.784 bits per heavy atom. The van der Waals surface area contributed by atoms with E-state index in [1.54, 1.807) is 97.1 Å². The molecule has 4 aromatic rings. The van der Waals surface area contributed by atoms with E-state index in [2.05, 4.69) is 10.6 Å². The minimum Gasteiger partial charge on any atom is -0.491 e. The van der Waals surface area contributed by atoms with Crippen LogP contribution in [0.1, 0.15) is 20.7 Å². The zero-order valence-electron chi connectivity index (χ0n) is 26.9. The van der Waals surface area contributed by atoms with Gasteiger partial charge in [0, 0.05) is 46.8 Å². The van der Waals surface area contributed by atoms with Crippen molar-refractivity contribution < 1.29 is 43.0 Å². The Bertz CT molecular complexity index is 1840. The van der Waals surface area contributed by atoms with Crippen molar-refractivity contribution in [2.75, 3.05) is 46.9 Å². The van der Waals surface area contributed by atoms with Crippen molar-refractivity contribution in [3.8, 4) is 11.5 Å². The van der Waals surface area contributed by atoms with Crippen LogP contribution in [0.4, 0.5) is 22.7 Å². The predicted octanol–water partition coefficient (Wildman–Crippen LogP) is 4.52. The lowest BCUT2D eigenvalue weighted by atomic mass is 10.1. The molecule has 0 bridgehead atoms. The Kier molecular flexibility index (Phi) is 10.4. The van der Waals surface area contributed by atoms with Crippen LogP contribution in [0, 0.1) is 0 Å². The highest BCUT2D eigenvalue weighted by Crippen LogP contribution is 2.23. The van der Waals surface area contributed by atoms with Crippen LogP contribution in [0.3, 0.4) is 0 Å². The normalized spacial score (nSPS) is 13.6. The van der Waals surface area contributed by atoms with Gasteiger partial charge in [-0.25, -0.2) is 9.80 Å². The molecule has 2 aliphatic heterocycles. The summed E-state index contributed by atoms with van der Waals surface area (Å²) in [5, 5.41) is 5.59. The lowest BCUT2D eigenvalue weighted by Crippen LogP contribution is -2.29. The first-order valence-corrected chi connectivity index (χ1v) is 15.7. The number of rotatable bonds is 14. The number of benzene rings is 4. The molecule has 0 radical (unpaired) electrons. The third-order valence-electron chi connectivity index (χ3n) is 7.61. The summed E-state index contributed by atoms with van der Waals surface area (Å²) >= 11 is 0. The molecule has 0 saturated carbocycles. The van der Waals surface area contributed by atoms with E-state index in [1.165, 1.54) is 24.3 Å². The van der Waals surface area contributed by atoms with Crippen LogP contribution < -0.4 is 29.9 Å². The number of anilines is 4. The van der Waals surface area contributed by atoms with E-state index in [1.807, 2.05) is 0 Å². The Labute approximate surface area is 291 Å². The summed E-state index contributed by atoms with van der Waals surface area (Å²) in [6.07, 6.45) is 4.80. The summed E-state index contributed by atoms with van der Waals surface area (Å²) in [6, 6.07) is 26.1. The Morgan fingerprint density at radius 1 is 0.451 bits per heavy atom. The third-order valence-corrected chi connectivity index (χ3v) is 7.61. The van der Waals surface area contributed by atoms with Gasteiger partial charge in [0.05, 0.1) is 24.6 Å². The molecular formula is C38H30N4O9. The molecule has 0 atom stereocenters. The van der Waals surface area contributed by atoms with Gasteiger partial charge in [0.25, 0.3) is 35.4 Å². The van der Waals surface area contributed by atoms with Crippen molar-refractivity contribution in [1.29, 1.82) is 0 Å². The fourth-order valence-electron chi connectivity index (χ4n) is 5.05. The fraction of sp³-hybridized carbons (Fsp3) is 0.105. The van der Waals surface area contributed by atoms with Crippen molar-refractivity contribution >= 4 is 58.2 Å². The molecule has 256 valence electrons. The molecule has 0 saturated heterocycles. The largest absolute Gasteiger partial charge is 0.491 e. The Morgan fingerprint density at radius 3 is 1.12 bits per heavy atom. The average molecular weight is 687 g/mol. The second-order valence-electron chi connectivity index (χ2n) is 11.1. The van der Waals surface area contributed by atoms with Crippen molar-refractivity contribution in [3.05, 3.63) is 132 Å². The van der Waals surface area contributed by atoms with Crippen molar-refractivity contribution in [3.63, 3.8) is 0 Å². The van der Waals surface area contributed by atoms with E-state index < -0.39 is 23.6 Å². The van der Waals surface area contributed by atoms with E-state index in [0.29, 0.717) is 71.8 Å². The van der Waals surface area contributed by atoms with Crippen LogP contribution in [0.5, 0.6) is 11.5 Å². The number of nitrogens with zero attached hydrogens (tertiary/aromatic N) is 2. The van der Waals surface area contributed by atoms with Crippen LogP contribution in [0.2, 0.25) is 0 Å². The zero-order chi connectivity index (χ0) is 35.7. The van der Waals surface area contributed by atoms with E-state index in [-0.39, 0.29) is 11.8 Å². The van der Waals surface area contributed by atoms with Gasteiger partial charge in [-0.15, -0.1) is 0 Å². The number of ether oxygens (including phenoxy) is 3.